The van der Waals surface area contributed by atoms with E-state index in [9.17, 15) is 14.4 Å². The Morgan fingerprint density at radius 3 is 2.68 bits per heavy atom. The van der Waals surface area contributed by atoms with E-state index in [1.165, 1.54) is 5.57 Å². The van der Waals surface area contributed by atoms with E-state index in [4.69, 9.17) is 0 Å². The Morgan fingerprint density at radius 2 is 2.08 bits per heavy atom. The van der Waals surface area contributed by atoms with Crippen molar-refractivity contribution in [2.24, 2.45) is 5.92 Å². The lowest BCUT2D eigenvalue weighted by Crippen LogP contribution is -2.47. The predicted octanol–water partition coefficient (Wildman–Crippen LogP) is 1.11. The van der Waals surface area contributed by atoms with E-state index < -0.39 is 6.03 Å². The monoisotopic (exact) mass is 350 g/mol. The number of carbonyl (C=O) groups excluding carboxylic acids is 3. The molecule has 0 saturated carbocycles. The molecule has 0 radical (unpaired) electrons. The lowest BCUT2D eigenvalue weighted by Gasteiger charge is -2.21. The molecule has 2 aliphatic rings. The van der Waals surface area contributed by atoms with Crippen LogP contribution in [-0.4, -0.2) is 66.4 Å². The minimum Gasteiger partial charge on any atom is -0.350 e. The van der Waals surface area contributed by atoms with Gasteiger partial charge in [-0.25, -0.2) is 4.79 Å². The van der Waals surface area contributed by atoms with Gasteiger partial charge in [0.05, 0.1) is 6.54 Å². The van der Waals surface area contributed by atoms with Gasteiger partial charge in [0.25, 0.3) is 5.91 Å². The van der Waals surface area contributed by atoms with E-state index in [-0.39, 0.29) is 30.9 Å². The Hall–Kier alpha value is -1.89. The molecule has 0 aromatic heterocycles. The number of nitrogens with zero attached hydrogens (tertiary/aromatic N) is 2. The number of rotatable bonds is 8. The normalized spacial score (nSPS) is 23.7. The first-order valence-electron chi connectivity index (χ1n) is 9.14. The van der Waals surface area contributed by atoms with Gasteiger partial charge in [0.1, 0.15) is 6.54 Å². The van der Waals surface area contributed by atoms with E-state index in [1.54, 1.807) is 0 Å². The van der Waals surface area contributed by atoms with E-state index >= 15 is 0 Å². The van der Waals surface area contributed by atoms with Crippen LogP contribution in [0.15, 0.2) is 11.6 Å². The van der Waals surface area contributed by atoms with Crippen molar-refractivity contribution in [1.82, 2.24) is 20.4 Å². The second-order valence-corrected chi connectivity index (χ2v) is 7.19. The van der Waals surface area contributed by atoms with Gasteiger partial charge >= 0.3 is 6.03 Å². The summed E-state index contributed by atoms with van der Waals surface area (Å²) in [5.74, 6) is -0.188. The fourth-order valence-electron chi connectivity index (χ4n) is 3.52. The van der Waals surface area contributed by atoms with Crippen LogP contribution in [0.4, 0.5) is 4.79 Å². The van der Waals surface area contributed by atoms with Crippen LogP contribution in [0, 0.1) is 5.92 Å². The number of likely N-dealkylation sites (tertiary alicyclic amines) is 1. The highest BCUT2D eigenvalue weighted by atomic mass is 16.2. The zero-order valence-corrected chi connectivity index (χ0v) is 15.5. The van der Waals surface area contributed by atoms with E-state index in [2.05, 4.69) is 42.4 Å². The molecule has 0 aliphatic carbocycles. The quantitative estimate of drug-likeness (QED) is 0.508. The average molecular weight is 350 g/mol. The van der Waals surface area contributed by atoms with Crippen molar-refractivity contribution in [3.63, 3.8) is 0 Å². The van der Waals surface area contributed by atoms with Crippen LogP contribution in [0.1, 0.15) is 40.0 Å². The lowest BCUT2D eigenvalue weighted by atomic mass is 9.98. The number of urea groups is 1. The minimum atomic E-state index is -0.486. The highest BCUT2D eigenvalue weighted by Crippen LogP contribution is 2.22. The van der Waals surface area contributed by atoms with Crippen LogP contribution in [-0.2, 0) is 9.59 Å². The minimum absolute atomic E-state index is 0.0217. The topological polar surface area (TPSA) is 81.8 Å². The van der Waals surface area contributed by atoms with Gasteiger partial charge in [-0.3, -0.25) is 14.5 Å². The van der Waals surface area contributed by atoms with Gasteiger partial charge in [0, 0.05) is 25.7 Å². The van der Waals surface area contributed by atoms with Gasteiger partial charge in [-0.1, -0.05) is 25.0 Å². The lowest BCUT2D eigenvalue weighted by molar-refractivity contribution is -0.131. The third kappa shape index (κ3) is 5.56. The molecule has 0 aromatic rings. The summed E-state index contributed by atoms with van der Waals surface area (Å²) in [6.07, 6.45) is 5.39. The van der Waals surface area contributed by atoms with Gasteiger partial charge in [0.15, 0.2) is 0 Å². The predicted molar refractivity (Wildman–Crippen MR) is 95.9 cm³/mol. The largest absolute Gasteiger partial charge is 0.350 e. The summed E-state index contributed by atoms with van der Waals surface area (Å²) in [7, 11) is 0. The molecule has 7 heteroatoms. The van der Waals surface area contributed by atoms with Crippen LogP contribution in [0.25, 0.3) is 0 Å². The summed E-state index contributed by atoms with van der Waals surface area (Å²) >= 11 is 0. The fraction of sp³-hybridized carbons (Fsp3) is 0.722. The summed E-state index contributed by atoms with van der Waals surface area (Å²) in [4.78, 5) is 38.8. The van der Waals surface area contributed by atoms with Crippen molar-refractivity contribution < 1.29 is 14.4 Å². The van der Waals surface area contributed by atoms with Crippen LogP contribution < -0.4 is 10.6 Å². The van der Waals surface area contributed by atoms with Gasteiger partial charge in [0.2, 0.25) is 5.91 Å². The maximum Gasteiger partial charge on any atom is 0.325 e. The van der Waals surface area contributed by atoms with Gasteiger partial charge in [-0.2, -0.15) is 0 Å². The van der Waals surface area contributed by atoms with Crippen molar-refractivity contribution in [3.05, 3.63) is 11.6 Å². The number of carbonyl (C=O) groups is 3. The molecule has 140 valence electrons. The third-order valence-electron chi connectivity index (χ3n) is 4.76. The highest BCUT2D eigenvalue weighted by molar-refractivity contribution is 6.04. The SMILES string of the molecule is CCC[C@H]1CN(CCC=C(C)C)C[C@@H]1NC(=O)CN1C(=O)CNC1=O. The molecule has 2 heterocycles. The Balaban J connectivity index is 1.87. The van der Waals surface area contributed by atoms with Crippen LogP contribution in [0.2, 0.25) is 0 Å². The van der Waals surface area contributed by atoms with Crippen LogP contribution in [0.5, 0.6) is 0 Å². The van der Waals surface area contributed by atoms with E-state index in [1.807, 2.05) is 0 Å². The maximum atomic E-state index is 12.3. The maximum absolute atomic E-state index is 12.3. The number of hydrogen-bond acceptors (Lipinski definition) is 4. The standard InChI is InChI=1S/C18H30N4O3/c1-4-6-14-10-21(8-5-7-13(2)3)11-15(14)20-16(23)12-22-17(24)9-19-18(22)25/h7,14-15H,4-6,8-12H2,1-3H3,(H,19,25)(H,20,23)/t14-,15-/m0/s1. The van der Waals surface area contributed by atoms with Crippen LogP contribution in [0.3, 0.4) is 0 Å². The second kappa shape index (κ2) is 8.99. The molecule has 2 aliphatic heterocycles. The highest BCUT2D eigenvalue weighted by Gasteiger charge is 2.35. The Labute approximate surface area is 149 Å². The molecule has 2 rings (SSSR count). The Morgan fingerprint density at radius 1 is 1.32 bits per heavy atom. The number of amides is 4. The molecule has 2 N–H and O–H groups in total. The van der Waals surface area contributed by atoms with Gasteiger partial charge < -0.3 is 15.5 Å². The zero-order valence-electron chi connectivity index (χ0n) is 15.5. The van der Waals surface area contributed by atoms with Crippen LogP contribution >= 0.6 is 0 Å². The molecule has 4 amide bonds. The smallest absolute Gasteiger partial charge is 0.325 e. The fourth-order valence-corrected chi connectivity index (χ4v) is 3.52. The van der Waals surface area contributed by atoms with Crippen molar-refractivity contribution in [1.29, 1.82) is 0 Å². The molecule has 2 saturated heterocycles. The van der Waals surface area contributed by atoms with Crippen molar-refractivity contribution in [2.75, 3.05) is 32.7 Å². The average Bonchev–Trinajstić information content (AvgIpc) is 3.05. The molecule has 7 nitrogen and oxygen atoms in total. The number of allylic oxidation sites excluding steroid dienone is 1. The molecular weight excluding hydrogens is 320 g/mol. The summed E-state index contributed by atoms with van der Waals surface area (Å²) in [5, 5.41) is 5.47. The third-order valence-corrected chi connectivity index (χ3v) is 4.76. The molecule has 2 fully saturated rings. The molecule has 0 aromatic carbocycles. The number of imide groups is 1. The first-order valence-corrected chi connectivity index (χ1v) is 9.14. The number of nitrogens with one attached hydrogen (secondary N) is 2. The summed E-state index contributed by atoms with van der Waals surface area (Å²) in [6.45, 7) is 8.93. The van der Waals surface area contributed by atoms with Gasteiger partial charge in [-0.05, 0) is 32.6 Å². The molecule has 0 bridgehead atoms. The first kappa shape index (κ1) is 19.4. The summed E-state index contributed by atoms with van der Waals surface area (Å²) in [6, 6.07) is -0.403. The molecule has 25 heavy (non-hydrogen) atoms. The van der Waals surface area contributed by atoms with Gasteiger partial charge in [-0.15, -0.1) is 0 Å². The zero-order chi connectivity index (χ0) is 18.4. The second-order valence-electron chi connectivity index (χ2n) is 7.19. The molecule has 0 unspecified atom stereocenters. The van der Waals surface area contributed by atoms with E-state index in [0.717, 1.165) is 43.8 Å². The van der Waals surface area contributed by atoms with Crippen molar-refractivity contribution >= 4 is 17.8 Å². The van der Waals surface area contributed by atoms with E-state index in [0.29, 0.717) is 5.92 Å². The molecule has 0 spiro atoms. The number of hydrogen-bond donors (Lipinski definition) is 2. The first-order chi connectivity index (χ1) is 11.9. The summed E-state index contributed by atoms with van der Waals surface area (Å²) < 4.78 is 0. The molecule has 2 atom stereocenters. The van der Waals surface area contributed by atoms with Crippen molar-refractivity contribution in [2.45, 2.75) is 46.1 Å². The van der Waals surface area contributed by atoms with Crippen molar-refractivity contribution in [3.8, 4) is 0 Å². The summed E-state index contributed by atoms with van der Waals surface area (Å²) in [5.41, 5.74) is 1.32. The Kier molecular flexibility index (Phi) is 6.99. The Bertz CT molecular complexity index is 526. The molecular formula is C18H30N4O3.